The van der Waals surface area contributed by atoms with Crippen LogP contribution in [0, 0.1) is 17.5 Å². The standard InChI is InChI=1S/C15H14ClF3N2S/c16-13-2-1-12(22-13)15(21-5-3-20-4-6-21)10-7-9(17)8-11(18)14(10)19/h1-2,7-8,15,20H,3-6H2/t15-/m0/s1. The maximum Gasteiger partial charge on any atom is 0.164 e. The second kappa shape index (κ2) is 6.58. The number of piperazine rings is 1. The number of nitrogens with zero attached hydrogens (tertiary/aromatic N) is 1. The highest BCUT2D eigenvalue weighted by Gasteiger charge is 2.29. The van der Waals surface area contributed by atoms with Gasteiger partial charge in [-0.2, -0.15) is 0 Å². The van der Waals surface area contributed by atoms with Crippen LogP contribution in [-0.4, -0.2) is 31.1 Å². The monoisotopic (exact) mass is 346 g/mol. The molecule has 1 aliphatic heterocycles. The number of hydrogen-bond donors (Lipinski definition) is 1. The van der Waals surface area contributed by atoms with E-state index >= 15 is 0 Å². The predicted octanol–water partition coefficient (Wildman–Crippen LogP) is 3.81. The molecule has 118 valence electrons. The van der Waals surface area contributed by atoms with E-state index in [2.05, 4.69) is 5.32 Å². The van der Waals surface area contributed by atoms with E-state index in [0.717, 1.165) is 24.0 Å². The average Bonchev–Trinajstić information content (AvgIpc) is 2.92. The number of hydrogen-bond acceptors (Lipinski definition) is 3. The van der Waals surface area contributed by atoms with E-state index in [1.54, 1.807) is 12.1 Å². The molecule has 1 aliphatic rings. The molecule has 0 aliphatic carbocycles. The van der Waals surface area contributed by atoms with Crippen LogP contribution in [0.2, 0.25) is 4.34 Å². The van der Waals surface area contributed by atoms with Crippen LogP contribution in [0.5, 0.6) is 0 Å². The highest BCUT2D eigenvalue weighted by atomic mass is 35.5. The van der Waals surface area contributed by atoms with E-state index in [4.69, 9.17) is 11.6 Å². The first-order valence-electron chi connectivity index (χ1n) is 6.90. The van der Waals surface area contributed by atoms with Gasteiger partial charge in [-0.3, -0.25) is 4.90 Å². The van der Waals surface area contributed by atoms with Crippen molar-refractivity contribution in [2.75, 3.05) is 26.2 Å². The summed E-state index contributed by atoms with van der Waals surface area (Å²) in [5, 5.41) is 3.21. The zero-order chi connectivity index (χ0) is 15.7. The van der Waals surface area contributed by atoms with Crippen molar-refractivity contribution in [3.8, 4) is 0 Å². The number of halogens is 4. The Morgan fingerprint density at radius 3 is 2.50 bits per heavy atom. The fourth-order valence-corrected chi connectivity index (χ4v) is 3.94. The Morgan fingerprint density at radius 1 is 1.14 bits per heavy atom. The van der Waals surface area contributed by atoms with E-state index < -0.39 is 23.5 Å². The molecule has 1 N–H and O–H groups in total. The fraction of sp³-hybridized carbons (Fsp3) is 0.333. The summed E-state index contributed by atoms with van der Waals surface area (Å²) >= 11 is 7.28. The zero-order valence-corrected chi connectivity index (χ0v) is 13.2. The Labute approximate surface area is 135 Å². The molecule has 2 nitrogen and oxygen atoms in total. The average molecular weight is 347 g/mol. The van der Waals surface area contributed by atoms with Crippen molar-refractivity contribution >= 4 is 22.9 Å². The Balaban J connectivity index is 2.08. The lowest BCUT2D eigenvalue weighted by Gasteiger charge is -2.34. The molecule has 3 rings (SSSR count). The van der Waals surface area contributed by atoms with Gasteiger partial charge in [0.15, 0.2) is 11.6 Å². The normalized spacial score (nSPS) is 17.6. The minimum Gasteiger partial charge on any atom is -0.314 e. The Hall–Kier alpha value is -1.08. The van der Waals surface area contributed by atoms with E-state index in [0.29, 0.717) is 23.5 Å². The molecule has 1 aromatic heterocycles. The first-order valence-corrected chi connectivity index (χ1v) is 8.10. The van der Waals surface area contributed by atoms with Crippen molar-refractivity contribution < 1.29 is 13.2 Å². The number of benzene rings is 1. The molecule has 0 radical (unpaired) electrons. The summed E-state index contributed by atoms with van der Waals surface area (Å²) in [7, 11) is 0. The lowest BCUT2D eigenvalue weighted by molar-refractivity contribution is 0.196. The summed E-state index contributed by atoms with van der Waals surface area (Å²) in [6, 6.07) is 4.59. The molecule has 7 heteroatoms. The Kier molecular flexibility index (Phi) is 4.73. The lowest BCUT2D eigenvalue weighted by atomic mass is 10.0. The van der Waals surface area contributed by atoms with E-state index in [1.165, 1.54) is 11.3 Å². The summed E-state index contributed by atoms with van der Waals surface area (Å²) in [6.07, 6.45) is 0. The summed E-state index contributed by atoms with van der Waals surface area (Å²) < 4.78 is 42.0. The van der Waals surface area contributed by atoms with Crippen LogP contribution in [0.4, 0.5) is 13.2 Å². The molecule has 22 heavy (non-hydrogen) atoms. The maximum atomic E-state index is 14.3. The van der Waals surface area contributed by atoms with E-state index in [1.807, 2.05) is 4.90 Å². The molecular weight excluding hydrogens is 333 g/mol. The molecule has 1 atom stereocenters. The van der Waals surface area contributed by atoms with Crippen molar-refractivity contribution in [3.63, 3.8) is 0 Å². The third kappa shape index (κ3) is 3.15. The zero-order valence-electron chi connectivity index (χ0n) is 11.6. The summed E-state index contributed by atoms with van der Waals surface area (Å²) in [5.74, 6) is -2.95. The third-order valence-corrected chi connectivity index (χ3v) is 4.98. The molecule has 2 aromatic rings. The Bertz CT molecular complexity index is 671. The van der Waals surface area contributed by atoms with Gasteiger partial charge in [0.1, 0.15) is 5.82 Å². The van der Waals surface area contributed by atoms with Gasteiger partial charge in [0.2, 0.25) is 0 Å². The van der Waals surface area contributed by atoms with Gasteiger partial charge in [-0.25, -0.2) is 13.2 Å². The molecule has 1 aromatic carbocycles. The molecular formula is C15H14ClF3N2S. The number of nitrogens with one attached hydrogen (secondary N) is 1. The molecule has 0 spiro atoms. The van der Waals surface area contributed by atoms with Crippen LogP contribution in [-0.2, 0) is 0 Å². The molecule has 0 amide bonds. The van der Waals surface area contributed by atoms with Crippen LogP contribution in [0.25, 0.3) is 0 Å². The number of rotatable bonds is 3. The quantitative estimate of drug-likeness (QED) is 0.850. The first-order chi connectivity index (χ1) is 10.6. The van der Waals surface area contributed by atoms with Gasteiger partial charge in [0, 0.05) is 42.7 Å². The minimum atomic E-state index is -1.17. The van der Waals surface area contributed by atoms with Crippen molar-refractivity contribution in [2.24, 2.45) is 0 Å². The van der Waals surface area contributed by atoms with Crippen LogP contribution in [0.3, 0.4) is 0 Å². The number of thiophene rings is 1. The fourth-order valence-electron chi connectivity index (χ4n) is 2.72. The summed E-state index contributed by atoms with van der Waals surface area (Å²) in [6.45, 7) is 2.82. The minimum absolute atomic E-state index is 0.0120. The van der Waals surface area contributed by atoms with E-state index in [-0.39, 0.29) is 5.56 Å². The maximum absolute atomic E-state index is 14.3. The van der Waals surface area contributed by atoms with E-state index in [9.17, 15) is 13.2 Å². The predicted molar refractivity (Wildman–Crippen MR) is 81.9 cm³/mol. The molecule has 2 heterocycles. The first kappa shape index (κ1) is 15.8. The van der Waals surface area contributed by atoms with Gasteiger partial charge in [-0.1, -0.05) is 11.6 Å². The summed E-state index contributed by atoms with van der Waals surface area (Å²) in [5.41, 5.74) is 0.0120. The second-order valence-electron chi connectivity index (χ2n) is 5.12. The van der Waals surface area contributed by atoms with Gasteiger partial charge in [-0.05, 0) is 18.2 Å². The van der Waals surface area contributed by atoms with Crippen molar-refractivity contribution in [2.45, 2.75) is 6.04 Å². The third-order valence-electron chi connectivity index (χ3n) is 3.70. The second-order valence-corrected chi connectivity index (χ2v) is 6.87. The van der Waals surface area contributed by atoms with Crippen molar-refractivity contribution in [3.05, 3.63) is 56.5 Å². The smallest absolute Gasteiger partial charge is 0.164 e. The van der Waals surface area contributed by atoms with Gasteiger partial charge < -0.3 is 5.32 Å². The highest BCUT2D eigenvalue weighted by molar-refractivity contribution is 7.16. The largest absolute Gasteiger partial charge is 0.314 e. The molecule has 1 saturated heterocycles. The topological polar surface area (TPSA) is 15.3 Å². The molecule has 0 saturated carbocycles. The molecule has 1 fully saturated rings. The van der Waals surface area contributed by atoms with Gasteiger partial charge in [-0.15, -0.1) is 11.3 Å². The lowest BCUT2D eigenvalue weighted by Crippen LogP contribution is -2.45. The van der Waals surface area contributed by atoms with Crippen LogP contribution < -0.4 is 5.32 Å². The summed E-state index contributed by atoms with van der Waals surface area (Å²) in [4.78, 5) is 2.78. The van der Waals surface area contributed by atoms with Gasteiger partial charge in [0.25, 0.3) is 0 Å². The molecule has 0 bridgehead atoms. The Morgan fingerprint density at radius 2 is 1.86 bits per heavy atom. The SMILES string of the molecule is Fc1cc(F)c(F)c([C@@H](c2ccc(Cl)s2)N2CCNCC2)c1. The van der Waals surface area contributed by atoms with Crippen LogP contribution >= 0.6 is 22.9 Å². The van der Waals surface area contributed by atoms with Crippen LogP contribution in [0.15, 0.2) is 24.3 Å². The van der Waals surface area contributed by atoms with Crippen molar-refractivity contribution in [1.29, 1.82) is 0 Å². The van der Waals surface area contributed by atoms with Gasteiger partial charge in [0.05, 0.1) is 10.4 Å². The van der Waals surface area contributed by atoms with Crippen LogP contribution in [0.1, 0.15) is 16.5 Å². The van der Waals surface area contributed by atoms with Gasteiger partial charge >= 0.3 is 0 Å². The van der Waals surface area contributed by atoms with Crippen molar-refractivity contribution in [1.82, 2.24) is 10.2 Å². The highest BCUT2D eigenvalue weighted by Crippen LogP contribution is 2.37. The molecule has 0 unspecified atom stereocenters.